The molecule has 2 heterocycles. The minimum atomic E-state index is 0.433. The Kier molecular flexibility index (Phi) is 5.27. The number of nitrogens with one attached hydrogen (secondary N) is 1. The molecule has 0 saturated carbocycles. The zero-order chi connectivity index (χ0) is 13.9. The van der Waals surface area contributed by atoms with Crippen LogP contribution in [0.1, 0.15) is 39.5 Å². The third-order valence-electron chi connectivity index (χ3n) is 5.49. The van der Waals surface area contributed by atoms with Gasteiger partial charge in [-0.05, 0) is 64.2 Å². The molecule has 0 spiro atoms. The van der Waals surface area contributed by atoms with Crippen molar-refractivity contribution in [2.45, 2.75) is 45.6 Å². The average molecular weight is 267 g/mol. The molecule has 0 bridgehead atoms. The maximum absolute atomic E-state index is 3.38. The van der Waals surface area contributed by atoms with Crippen LogP contribution < -0.4 is 5.32 Å². The van der Waals surface area contributed by atoms with Crippen LogP contribution in [-0.4, -0.2) is 62.7 Å². The van der Waals surface area contributed by atoms with Crippen molar-refractivity contribution in [3.05, 3.63) is 0 Å². The number of fused-ring (bicyclic) bond motifs is 1. The maximum Gasteiger partial charge on any atom is 0.0145 e. The molecule has 19 heavy (non-hydrogen) atoms. The second kappa shape index (κ2) is 6.55. The Balaban J connectivity index is 1.90. The summed E-state index contributed by atoms with van der Waals surface area (Å²) in [6.45, 7) is 11.1. The minimum Gasteiger partial charge on any atom is -0.319 e. The second-order valence-corrected chi connectivity index (χ2v) is 7.17. The molecule has 2 saturated heterocycles. The molecule has 2 fully saturated rings. The molecule has 0 radical (unpaired) electrons. The van der Waals surface area contributed by atoms with E-state index in [1.807, 2.05) is 0 Å². The molecule has 2 aliphatic rings. The lowest BCUT2D eigenvalue weighted by molar-refractivity contribution is 0.0211. The van der Waals surface area contributed by atoms with Crippen LogP contribution in [0, 0.1) is 11.3 Å². The predicted octanol–water partition coefficient (Wildman–Crippen LogP) is 2.04. The molecule has 0 aromatic heterocycles. The van der Waals surface area contributed by atoms with Gasteiger partial charge in [-0.3, -0.25) is 0 Å². The van der Waals surface area contributed by atoms with Crippen LogP contribution in [0.3, 0.4) is 0 Å². The second-order valence-electron chi connectivity index (χ2n) is 7.17. The van der Waals surface area contributed by atoms with Gasteiger partial charge < -0.3 is 15.1 Å². The molecule has 3 atom stereocenters. The van der Waals surface area contributed by atoms with Gasteiger partial charge in [0.05, 0.1) is 0 Å². The number of likely N-dealkylation sites (tertiary alicyclic amines) is 2. The van der Waals surface area contributed by atoms with Crippen molar-refractivity contribution in [3.63, 3.8) is 0 Å². The Morgan fingerprint density at radius 1 is 1.26 bits per heavy atom. The van der Waals surface area contributed by atoms with E-state index >= 15 is 0 Å². The summed E-state index contributed by atoms with van der Waals surface area (Å²) in [6, 6.07) is 0.863. The van der Waals surface area contributed by atoms with Crippen LogP contribution in [0.5, 0.6) is 0 Å². The first-order chi connectivity index (χ1) is 9.08. The van der Waals surface area contributed by atoms with Crippen LogP contribution in [0.15, 0.2) is 0 Å². The fourth-order valence-corrected chi connectivity index (χ4v) is 4.13. The molecule has 0 aliphatic carbocycles. The van der Waals surface area contributed by atoms with E-state index in [-0.39, 0.29) is 0 Å². The zero-order valence-electron chi connectivity index (χ0n) is 13.4. The molecule has 2 aliphatic heterocycles. The quantitative estimate of drug-likeness (QED) is 0.822. The zero-order valence-corrected chi connectivity index (χ0v) is 13.4. The Bertz CT molecular complexity index is 281. The van der Waals surface area contributed by atoms with Gasteiger partial charge in [-0.25, -0.2) is 0 Å². The summed E-state index contributed by atoms with van der Waals surface area (Å²) in [7, 11) is 4.40. The molecular weight excluding hydrogens is 234 g/mol. The number of hydrogen-bond donors (Lipinski definition) is 1. The summed E-state index contributed by atoms with van der Waals surface area (Å²) in [5, 5.41) is 3.38. The van der Waals surface area contributed by atoms with E-state index in [0.717, 1.165) is 18.5 Å². The smallest absolute Gasteiger partial charge is 0.0145 e. The van der Waals surface area contributed by atoms with Gasteiger partial charge in [0, 0.05) is 25.7 Å². The predicted molar refractivity (Wildman–Crippen MR) is 82.5 cm³/mol. The number of rotatable bonds is 5. The normalized spacial score (nSPS) is 32.8. The van der Waals surface area contributed by atoms with Gasteiger partial charge in [0.25, 0.3) is 0 Å². The monoisotopic (exact) mass is 267 g/mol. The van der Waals surface area contributed by atoms with Crippen molar-refractivity contribution in [2.24, 2.45) is 11.3 Å². The summed E-state index contributed by atoms with van der Waals surface area (Å²) in [5.41, 5.74) is 0.433. The van der Waals surface area contributed by atoms with Crippen molar-refractivity contribution in [2.75, 3.05) is 46.8 Å². The van der Waals surface area contributed by atoms with Gasteiger partial charge >= 0.3 is 0 Å². The van der Waals surface area contributed by atoms with Crippen molar-refractivity contribution in [3.8, 4) is 0 Å². The SMILES string of the molecule is CCC(C)(CNC)CN1CCC2C(CCCN2C)C1. The minimum absolute atomic E-state index is 0.433. The molecule has 3 heteroatoms. The Morgan fingerprint density at radius 3 is 2.74 bits per heavy atom. The lowest BCUT2D eigenvalue weighted by Crippen LogP contribution is -2.54. The fraction of sp³-hybridized carbons (Fsp3) is 1.00. The molecule has 112 valence electrons. The van der Waals surface area contributed by atoms with Crippen LogP contribution in [0.4, 0.5) is 0 Å². The van der Waals surface area contributed by atoms with Crippen LogP contribution in [0.25, 0.3) is 0 Å². The topological polar surface area (TPSA) is 18.5 Å². The molecule has 0 amide bonds. The average Bonchev–Trinajstić information content (AvgIpc) is 2.39. The summed E-state index contributed by atoms with van der Waals surface area (Å²) in [5.74, 6) is 0.920. The fourth-order valence-electron chi connectivity index (χ4n) is 4.13. The van der Waals surface area contributed by atoms with Crippen molar-refractivity contribution in [1.29, 1.82) is 0 Å². The third-order valence-corrected chi connectivity index (χ3v) is 5.49. The Labute approximate surface area is 119 Å². The van der Waals surface area contributed by atoms with Crippen LogP contribution >= 0.6 is 0 Å². The molecular formula is C16H33N3. The molecule has 1 N–H and O–H groups in total. The van der Waals surface area contributed by atoms with Crippen LogP contribution in [0.2, 0.25) is 0 Å². The number of nitrogens with zero attached hydrogens (tertiary/aromatic N) is 2. The molecule has 3 nitrogen and oxygen atoms in total. The van der Waals surface area contributed by atoms with Crippen LogP contribution in [-0.2, 0) is 0 Å². The van der Waals surface area contributed by atoms with E-state index in [1.54, 1.807) is 0 Å². The van der Waals surface area contributed by atoms with Gasteiger partial charge in [-0.1, -0.05) is 13.8 Å². The van der Waals surface area contributed by atoms with Gasteiger partial charge in [0.1, 0.15) is 0 Å². The summed E-state index contributed by atoms with van der Waals surface area (Å²) in [4.78, 5) is 5.35. The Morgan fingerprint density at radius 2 is 2.05 bits per heavy atom. The lowest BCUT2D eigenvalue weighted by Gasteiger charge is -2.47. The van der Waals surface area contributed by atoms with E-state index in [9.17, 15) is 0 Å². The first-order valence-electron chi connectivity index (χ1n) is 8.15. The highest BCUT2D eigenvalue weighted by Crippen LogP contribution is 2.31. The molecule has 0 aromatic carbocycles. The summed E-state index contributed by atoms with van der Waals surface area (Å²) in [6.07, 6.45) is 5.48. The van der Waals surface area contributed by atoms with E-state index in [2.05, 4.69) is 43.1 Å². The standard InChI is InChI=1S/C16H33N3/c1-5-16(2,12-17-3)13-19-10-8-15-14(11-19)7-6-9-18(15)4/h14-15,17H,5-13H2,1-4H3. The number of piperidine rings is 2. The Hall–Kier alpha value is -0.120. The van der Waals surface area contributed by atoms with E-state index < -0.39 is 0 Å². The van der Waals surface area contributed by atoms with Gasteiger partial charge in [-0.15, -0.1) is 0 Å². The van der Waals surface area contributed by atoms with Crippen molar-refractivity contribution >= 4 is 0 Å². The highest BCUT2D eigenvalue weighted by molar-refractivity contribution is 4.91. The molecule has 2 rings (SSSR count). The number of hydrogen-bond acceptors (Lipinski definition) is 3. The lowest BCUT2D eigenvalue weighted by atomic mass is 9.81. The first-order valence-corrected chi connectivity index (χ1v) is 8.15. The highest BCUT2D eigenvalue weighted by Gasteiger charge is 2.36. The van der Waals surface area contributed by atoms with E-state index in [1.165, 1.54) is 51.9 Å². The maximum atomic E-state index is 3.38. The third kappa shape index (κ3) is 3.71. The van der Waals surface area contributed by atoms with Crippen molar-refractivity contribution < 1.29 is 0 Å². The van der Waals surface area contributed by atoms with Gasteiger partial charge in [-0.2, -0.15) is 0 Å². The highest BCUT2D eigenvalue weighted by atomic mass is 15.2. The summed E-state index contributed by atoms with van der Waals surface area (Å²) < 4.78 is 0. The van der Waals surface area contributed by atoms with Gasteiger partial charge in [0.2, 0.25) is 0 Å². The van der Waals surface area contributed by atoms with Gasteiger partial charge in [0.15, 0.2) is 0 Å². The summed E-state index contributed by atoms with van der Waals surface area (Å²) >= 11 is 0. The van der Waals surface area contributed by atoms with E-state index in [0.29, 0.717) is 5.41 Å². The molecule has 3 unspecified atom stereocenters. The van der Waals surface area contributed by atoms with E-state index in [4.69, 9.17) is 0 Å². The van der Waals surface area contributed by atoms with Crippen molar-refractivity contribution in [1.82, 2.24) is 15.1 Å². The first kappa shape index (κ1) is 15.3. The molecule has 0 aromatic rings. The largest absolute Gasteiger partial charge is 0.319 e.